The lowest BCUT2D eigenvalue weighted by molar-refractivity contribution is -0.113. The number of benzene rings is 1. The van der Waals surface area contributed by atoms with Gasteiger partial charge in [-0.05, 0) is 24.3 Å². The molecule has 1 heterocycles. The van der Waals surface area contributed by atoms with Crippen molar-refractivity contribution >= 4 is 35.0 Å². The molecule has 0 atom stereocenters. The molecule has 0 spiro atoms. The number of anilines is 1. The third-order valence-electron chi connectivity index (χ3n) is 2.38. The van der Waals surface area contributed by atoms with E-state index in [9.17, 15) is 4.79 Å². The quantitative estimate of drug-likeness (QED) is 0.880. The lowest BCUT2D eigenvalue weighted by atomic mass is 10.3. The van der Waals surface area contributed by atoms with Crippen molar-refractivity contribution in [3.63, 3.8) is 0 Å². The fraction of sp³-hybridized carbons (Fsp3) is 0.0714. The highest BCUT2D eigenvalue weighted by atomic mass is 35.5. The fourth-order valence-corrected chi connectivity index (χ4v) is 2.40. The first-order chi connectivity index (χ1) is 9.70. The van der Waals surface area contributed by atoms with E-state index < -0.39 is 0 Å². The van der Waals surface area contributed by atoms with Gasteiger partial charge in [-0.25, -0.2) is 4.98 Å². The molecule has 1 aromatic heterocycles. The highest BCUT2D eigenvalue weighted by Crippen LogP contribution is 2.22. The van der Waals surface area contributed by atoms with Crippen LogP contribution in [-0.2, 0) is 4.79 Å². The zero-order valence-electron chi connectivity index (χ0n) is 10.3. The van der Waals surface area contributed by atoms with Crippen molar-refractivity contribution in [3.05, 3.63) is 53.2 Å². The van der Waals surface area contributed by atoms with Crippen LogP contribution in [0.2, 0.25) is 5.02 Å². The Morgan fingerprint density at radius 3 is 2.90 bits per heavy atom. The van der Waals surface area contributed by atoms with Gasteiger partial charge in [-0.2, -0.15) is 5.26 Å². The van der Waals surface area contributed by atoms with Crippen LogP contribution in [-0.4, -0.2) is 16.6 Å². The van der Waals surface area contributed by atoms with Crippen LogP contribution in [0.4, 0.5) is 5.69 Å². The second-order valence-electron chi connectivity index (χ2n) is 3.78. The summed E-state index contributed by atoms with van der Waals surface area (Å²) in [5.41, 5.74) is 1.03. The molecule has 0 radical (unpaired) electrons. The number of para-hydroxylation sites is 1. The fourth-order valence-electron chi connectivity index (χ4n) is 1.47. The molecule has 0 aliphatic rings. The van der Waals surface area contributed by atoms with Gasteiger partial charge in [0.25, 0.3) is 0 Å². The predicted octanol–water partition coefficient (Wildman–Crippen LogP) is 3.34. The minimum absolute atomic E-state index is 0.164. The number of thioether (sulfide) groups is 1. The Balaban J connectivity index is 1.96. The Morgan fingerprint density at radius 1 is 1.35 bits per heavy atom. The van der Waals surface area contributed by atoms with Gasteiger partial charge in [0, 0.05) is 6.20 Å². The maximum atomic E-state index is 11.8. The molecular formula is C14H10ClN3OS. The number of nitrogens with one attached hydrogen (secondary N) is 1. The normalized spacial score (nSPS) is 9.80. The van der Waals surface area contributed by atoms with Crippen molar-refractivity contribution in [1.82, 2.24) is 4.98 Å². The number of pyridine rings is 1. The summed E-state index contributed by atoms with van der Waals surface area (Å²) in [6.07, 6.45) is 1.59. The van der Waals surface area contributed by atoms with E-state index in [1.54, 1.807) is 42.6 Å². The first kappa shape index (κ1) is 14.4. The number of nitrogens with zero attached hydrogens (tertiary/aromatic N) is 2. The van der Waals surface area contributed by atoms with Crippen molar-refractivity contribution in [1.29, 1.82) is 5.26 Å². The van der Waals surface area contributed by atoms with Crippen LogP contribution >= 0.6 is 23.4 Å². The number of hydrogen-bond acceptors (Lipinski definition) is 4. The molecule has 0 saturated carbocycles. The SMILES string of the molecule is N#Cc1cccnc1SCC(=O)Nc1ccccc1Cl. The van der Waals surface area contributed by atoms with E-state index in [4.69, 9.17) is 16.9 Å². The van der Waals surface area contributed by atoms with Crippen molar-refractivity contribution in [2.75, 3.05) is 11.1 Å². The summed E-state index contributed by atoms with van der Waals surface area (Å²) < 4.78 is 0. The zero-order valence-corrected chi connectivity index (χ0v) is 11.9. The van der Waals surface area contributed by atoms with E-state index >= 15 is 0 Å². The molecular weight excluding hydrogens is 294 g/mol. The lowest BCUT2D eigenvalue weighted by Crippen LogP contribution is -2.14. The second-order valence-corrected chi connectivity index (χ2v) is 5.16. The van der Waals surface area contributed by atoms with Gasteiger partial charge in [0.15, 0.2) is 0 Å². The number of aromatic nitrogens is 1. The molecule has 0 aliphatic carbocycles. The van der Waals surface area contributed by atoms with E-state index in [-0.39, 0.29) is 11.7 Å². The average molecular weight is 304 g/mol. The number of carbonyl (C=O) groups excluding carboxylic acids is 1. The van der Waals surface area contributed by atoms with Crippen molar-refractivity contribution < 1.29 is 4.79 Å². The number of carbonyl (C=O) groups is 1. The van der Waals surface area contributed by atoms with Crippen LogP contribution in [0.1, 0.15) is 5.56 Å². The van der Waals surface area contributed by atoms with Gasteiger partial charge in [-0.15, -0.1) is 0 Å². The van der Waals surface area contributed by atoms with Crippen LogP contribution in [0.25, 0.3) is 0 Å². The summed E-state index contributed by atoms with van der Waals surface area (Å²) in [5.74, 6) is -0.0330. The molecule has 6 heteroatoms. The molecule has 1 aromatic carbocycles. The summed E-state index contributed by atoms with van der Waals surface area (Å²) in [6, 6.07) is 12.4. The number of halogens is 1. The van der Waals surface area contributed by atoms with Gasteiger partial charge in [0.2, 0.25) is 5.91 Å². The summed E-state index contributed by atoms with van der Waals surface area (Å²) >= 11 is 7.17. The van der Waals surface area contributed by atoms with Crippen molar-refractivity contribution in [2.45, 2.75) is 5.03 Å². The first-order valence-corrected chi connectivity index (χ1v) is 7.09. The summed E-state index contributed by atoms with van der Waals surface area (Å²) in [6.45, 7) is 0. The third-order valence-corrected chi connectivity index (χ3v) is 3.71. The Kier molecular flexibility index (Phi) is 4.99. The number of nitriles is 1. The second kappa shape index (κ2) is 6.94. The lowest BCUT2D eigenvalue weighted by Gasteiger charge is -2.06. The molecule has 20 heavy (non-hydrogen) atoms. The Labute approximate surface area is 125 Å². The minimum Gasteiger partial charge on any atom is -0.324 e. The first-order valence-electron chi connectivity index (χ1n) is 5.73. The van der Waals surface area contributed by atoms with Gasteiger partial charge >= 0.3 is 0 Å². The minimum atomic E-state index is -0.197. The van der Waals surface area contributed by atoms with Crippen molar-refractivity contribution in [2.24, 2.45) is 0 Å². The molecule has 2 rings (SSSR count). The molecule has 0 unspecified atom stereocenters. The van der Waals surface area contributed by atoms with Gasteiger partial charge < -0.3 is 5.32 Å². The molecule has 0 saturated heterocycles. The topological polar surface area (TPSA) is 65.8 Å². The molecule has 4 nitrogen and oxygen atoms in total. The number of amides is 1. The van der Waals surface area contributed by atoms with E-state index in [2.05, 4.69) is 10.3 Å². The van der Waals surface area contributed by atoms with Crippen LogP contribution in [0.15, 0.2) is 47.6 Å². The number of hydrogen-bond donors (Lipinski definition) is 1. The third kappa shape index (κ3) is 3.73. The Bertz CT molecular complexity index is 669. The molecule has 0 aliphatic heterocycles. The standard InChI is InChI=1S/C14H10ClN3OS/c15-11-5-1-2-6-12(11)18-13(19)9-20-14-10(8-16)4-3-7-17-14/h1-7H,9H2,(H,18,19). The Hall–Kier alpha value is -2.03. The van der Waals surface area contributed by atoms with Crippen LogP contribution in [0.3, 0.4) is 0 Å². The molecule has 2 aromatic rings. The van der Waals surface area contributed by atoms with Gasteiger partial charge in [0.1, 0.15) is 11.1 Å². The molecule has 1 amide bonds. The smallest absolute Gasteiger partial charge is 0.234 e. The van der Waals surface area contributed by atoms with Crippen molar-refractivity contribution in [3.8, 4) is 6.07 Å². The monoisotopic (exact) mass is 303 g/mol. The summed E-state index contributed by atoms with van der Waals surface area (Å²) in [4.78, 5) is 15.9. The largest absolute Gasteiger partial charge is 0.324 e. The molecule has 0 fully saturated rings. The van der Waals surface area contributed by atoms with Gasteiger partial charge in [0.05, 0.1) is 22.0 Å². The van der Waals surface area contributed by atoms with E-state index in [0.717, 1.165) is 0 Å². The molecule has 100 valence electrons. The van der Waals surface area contributed by atoms with E-state index in [1.165, 1.54) is 11.8 Å². The van der Waals surface area contributed by atoms with Crippen LogP contribution in [0.5, 0.6) is 0 Å². The molecule has 1 N–H and O–H groups in total. The summed E-state index contributed by atoms with van der Waals surface area (Å²) in [7, 11) is 0. The maximum absolute atomic E-state index is 11.8. The van der Waals surface area contributed by atoms with E-state index in [0.29, 0.717) is 21.3 Å². The zero-order chi connectivity index (χ0) is 14.4. The highest BCUT2D eigenvalue weighted by Gasteiger charge is 2.09. The predicted molar refractivity (Wildman–Crippen MR) is 79.8 cm³/mol. The van der Waals surface area contributed by atoms with E-state index in [1.807, 2.05) is 6.07 Å². The van der Waals surface area contributed by atoms with Gasteiger partial charge in [-0.3, -0.25) is 4.79 Å². The highest BCUT2D eigenvalue weighted by molar-refractivity contribution is 8.00. The summed E-state index contributed by atoms with van der Waals surface area (Å²) in [5, 5.41) is 12.7. The number of rotatable bonds is 4. The van der Waals surface area contributed by atoms with Gasteiger partial charge in [-0.1, -0.05) is 35.5 Å². The average Bonchev–Trinajstić information content (AvgIpc) is 2.48. The maximum Gasteiger partial charge on any atom is 0.234 e. The van der Waals surface area contributed by atoms with Crippen LogP contribution in [0, 0.1) is 11.3 Å². The Morgan fingerprint density at radius 2 is 2.15 bits per heavy atom. The van der Waals surface area contributed by atoms with Crippen LogP contribution < -0.4 is 5.32 Å². The molecule has 0 bridgehead atoms.